The van der Waals surface area contributed by atoms with Crippen LogP contribution in [0.2, 0.25) is 0 Å². The molecule has 0 unspecified atom stereocenters. The molecule has 0 fully saturated rings. The lowest BCUT2D eigenvalue weighted by molar-refractivity contribution is 0.0978. The predicted molar refractivity (Wildman–Crippen MR) is 86.4 cm³/mol. The second kappa shape index (κ2) is 6.95. The van der Waals surface area contributed by atoms with E-state index in [0.29, 0.717) is 36.7 Å². The molecule has 2 heterocycles. The molecular formula is C18H18F2N2O2. The maximum absolute atomic E-state index is 14.0. The lowest BCUT2D eigenvalue weighted by atomic mass is 10.0. The molecule has 0 spiro atoms. The summed E-state index contributed by atoms with van der Waals surface area (Å²) in [6.07, 6.45) is 2.46. The van der Waals surface area contributed by atoms with Crippen LogP contribution in [0.25, 0.3) is 0 Å². The number of carbonyl (C=O) groups excluding carboxylic acids is 1. The normalized spacial score (nSPS) is 13.8. The predicted octanol–water partition coefficient (Wildman–Crippen LogP) is 3.74. The molecule has 0 N–H and O–H groups in total. The average molecular weight is 332 g/mol. The van der Waals surface area contributed by atoms with Gasteiger partial charge in [-0.3, -0.25) is 4.79 Å². The van der Waals surface area contributed by atoms with E-state index < -0.39 is 11.6 Å². The number of anilines is 1. The molecule has 1 aromatic heterocycles. The number of rotatable bonds is 5. The summed E-state index contributed by atoms with van der Waals surface area (Å²) in [5, 5.41) is 0. The number of carbonyl (C=O) groups is 1. The molecule has 1 aliphatic rings. The highest BCUT2D eigenvalue weighted by Crippen LogP contribution is 2.27. The molecule has 0 saturated heterocycles. The number of aromatic nitrogens is 1. The molecule has 0 aliphatic carbocycles. The van der Waals surface area contributed by atoms with Crippen LogP contribution in [0.1, 0.15) is 35.8 Å². The van der Waals surface area contributed by atoms with Gasteiger partial charge in [0.25, 0.3) is 5.91 Å². The smallest absolute Gasteiger partial charge is 0.260 e. The topological polar surface area (TPSA) is 42.4 Å². The Morgan fingerprint density at radius 3 is 2.83 bits per heavy atom. The number of ether oxygens (including phenoxy) is 1. The first-order valence-electron chi connectivity index (χ1n) is 7.99. The minimum atomic E-state index is -0.751. The van der Waals surface area contributed by atoms with Gasteiger partial charge < -0.3 is 9.64 Å². The Morgan fingerprint density at radius 1 is 1.25 bits per heavy atom. The fourth-order valence-electron chi connectivity index (χ4n) is 2.66. The van der Waals surface area contributed by atoms with E-state index in [1.807, 2.05) is 0 Å². The van der Waals surface area contributed by atoms with Crippen LogP contribution in [0.3, 0.4) is 0 Å². The van der Waals surface area contributed by atoms with Crippen molar-refractivity contribution in [2.24, 2.45) is 0 Å². The highest BCUT2D eigenvalue weighted by atomic mass is 19.1. The van der Waals surface area contributed by atoms with Crippen molar-refractivity contribution in [2.45, 2.75) is 26.2 Å². The van der Waals surface area contributed by atoms with Crippen LogP contribution in [0, 0.1) is 11.6 Å². The second-order valence-corrected chi connectivity index (χ2v) is 5.65. The monoisotopic (exact) mass is 332 g/mol. The van der Waals surface area contributed by atoms with Crippen molar-refractivity contribution in [1.29, 1.82) is 0 Å². The summed E-state index contributed by atoms with van der Waals surface area (Å²) < 4.78 is 32.6. The zero-order valence-electron chi connectivity index (χ0n) is 13.4. The summed E-state index contributed by atoms with van der Waals surface area (Å²) in [5.41, 5.74) is 1.15. The SMILES string of the molecule is CCCCOc1ccc2c(n1)CCN(c1ccc(F)cc1F)C2=O. The summed E-state index contributed by atoms with van der Waals surface area (Å²) in [7, 11) is 0. The third-order valence-electron chi connectivity index (χ3n) is 3.94. The molecular weight excluding hydrogens is 314 g/mol. The number of hydrogen-bond acceptors (Lipinski definition) is 3. The minimum Gasteiger partial charge on any atom is -0.478 e. The quantitative estimate of drug-likeness (QED) is 0.783. The molecule has 0 radical (unpaired) electrons. The van der Waals surface area contributed by atoms with Crippen molar-refractivity contribution in [3.8, 4) is 5.88 Å². The van der Waals surface area contributed by atoms with E-state index in [9.17, 15) is 13.6 Å². The van der Waals surface area contributed by atoms with Crippen molar-refractivity contribution < 1.29 is 18.3 Å². The van der Waals surface area contributed by atoms with Gasteiger partial charge in [0.05, 0.1) is 23.6 Å². The molecule has 2 aromatic rings. The Balaban J connectivity index is 1.83. The number of halogens is 2. The Labute approximate surface area is 139 Å². The molecule has 1 aromatic carbocycles. The Kier molecular flexibility index (Phi) is 4.74. The number of benzene rings is 1. The molecule has 0 saturated carbocycles. The first-order chi connectivity index (χ1) is 11.6. The van der Waals surface area contributed by atoms with Crippen molar-refractivity contribution in [1.82, 2.24) is 4.98 Å². The number of nitrogens with zero attached hydrogens (tertiary/aromatic N) is 2. The summed E-state index contributed by atoms with van der Waals surface area (Å²) in [4.78, 5) is 18.3. The van der Waals surface area contributed by atoms with Gasteiger partial charge in [-0.15, -0.1) is 0 Å². The third-order valence-corrected chi connectivity index (χ3v) is 3.94. The van der Waals surface area contributed by atoms with Gasteiger partial charge in [0.2, 0.25) is 5.88 Å². The van der Waals surface area contributed by atoms with Gasteiger partial charge in [-0.05, 0) is 24.6 Å². The van der Waals surface area contributed by atoms with Crippen LogP contribution in [-0.4, -0.2) is 24.0 Å². The molecule has 3 rings (SSSR count). The highest BCUT2D eigenvalue weighted by Gasteiger charge is 2.28. The zero-order chi connectivity index (χ0) is 17.1. The van der Waals surface area contributed by atoms with E-state index in [1.165, 1.54) is 11.0 Å². The largest absolute Gasteiger partial charge is 0.478 e. The van der Waals surface area contributed by atoms with E-state index >= 15 is 0 Å². The Bertz CT molecular complexity index is 765. The van der Waals surface area contributed by atoms with Gasteiger partial charge in [-0.25, -0.2) is 13.8 Å². The van der Waals surface area contributed by atoms with Gasteiger partial charge in [-0.1, -0.05) is 13.3 Å². The zero-order valence-corrected chi connectivity index (χ0v) is 13.4. The molecule has 6 heteroatoms. The van der Waals surface area contributed by atoms with E-state index in [-0.39, 0.29) is 11.6 Å². The number of fused-ring (bicyclic) bond motifs is 1. The average Bonchev–Trinajstić information content (AvgIpc) is 2.56. The molecule has 1 aliphatic heterocycles. The fraction of sp³-hybridized carbons (Fsp3) is 0.333. The van der Waals surface area contributed by atoms with Gasteiger partial charge >= 0.3 is 0 Å². The van der Waals surface area contributed by atoms with E-state index in [1.54, 1.807) is 12.1 Å². The first-order valence-corrected chi connectivity index (χ1v) is 7.99. The molecule has 1 amide bonds. The second-order valence-electron chi connectivity index (χ2n) is 5.65. The number of amides is 1. The number of pyridine rings is 1. The summed E-state index contributed by atoms with van der Waals surface area (Å²) in [6, 6.07) is 6.50. The molecule has 126 valence electrons. The third kappa shape index (κ3) is 3.22. The van der Waals surface area contributed by atoms with Gasteiger partial charge in [0, 0.05) is 25.1 Å². The van der Waals surface area contributed by atoms with Crippen LogP contribution in [0.15, 0.2) is 30.3 Å². The van der Waals surface area contributed by atoms with Crippen LogP contribution < -0.4 is 9.64 Å². The standard InChI is InChI=1S/C18H18F2N2O2/c1-2-3-10-24-17-7-5-13-15(21-17)8-9-22(18(13)23)16-6-4-12(19)11-14(16)20/h4-7,11H,2-3,8-10H2,1H3. The lowest BCUT2D eigenvalue weighted by Gasteiger charge is -2.28. The number of hydrogen-bond donors (Lipinski definition) is 0. The van der Waals surface area contributed by atoms with Gasteiger partial charge in [0.15, 0.2) is 0 Å². The van der Waals surface area contributed by atoms with Crippen molar-refractivity contribution >= 4 is 11.6 Å². The fourth-order valence-corrected chi connectivity index (χ4v) is 2.66. The van der Waals surface area contributed by atoms with Crippen LogP contribution in [-0.2, 0) is 6.42 Å². The molecule has 0 atom stereocenters. The van der Waals surface area contributed by atoms with Crippen LogP contribution in [0.5, 0.6) is 5.88 Å². The highest BCUT2D eigenvalue weighted by molar-refractivity contribution is 6.08. The van der Waals surface area contributed by atoms with Crippen molar-refractivity contribution in [3.63, 3.8) is 0 Å². The number of unbranched alkanes of at least 4 members (excludes halogenated alkanes) is 1. The van der Waals surface area contributed by atoms with E-state index in [4.69, 9.17) is 4.74 Å². The summed E-state index contributed by atoms with van der Waals surface area (Å²) in [5.74, 6) is -1.26. The molecule has 4 nitrogen and oxygen atoms in total. The van der Waals surface area contributed by atoms with Gasteiger partial charge in [-0.2, -0.15) is 0 Å². The van der Waals surface area contributed by atoms with Crippen molar-refractivity contribution in [3.05, 3.63) is 53.2 Å². The van der Waals surface area contributed by atoms with Gasteiger partial charge in [0.1, 0.15) is 11.6 Å². The Morgan fingerprint density at radius 2 is 2.08 bits per heavy atom. The summed E-state index contributed by atoms with van der Waals surface area (Å²) in [6.45, 7) is 2.95. The van der Waals surface area contributed by atoms with E-state index in [2.05, 4.69) is 11.9 Å². The maximum atomic E-state index is 14.0. The molecule has 0 bridgehead atoms. The van der Waals surface area contributed by atoms with Crippen LogP contribution >= 0.6 is 0 Å². The maximum Gasteiger partial charge on any atom is 0.260 e. The summed E-state index contributed by atoms with van der Waals surface area (Å²) >= 11 is 0. The molecule has 24 heavy (non-hydrogen) atoms. The minimum absolute atomic E-state index is 0.0790. The lowest BCUT2D eigenvalue weighted by Crippen LogP contribution is -2.38. The Hall–Kier alpha value is -2.50. The van der Waals surface area contributed by atoms with Crippen molar-refractivity contribution in [2.75, 3.05) is 18.1 Å². The van der Waals surface area contributed by atoms with Crippen LogP contribution in [0.4, 0.5) is 14.5 Å². The first kappa shape index (κ1) is 16.4. The van der Waals surface area contributed by atoms with E-state index in [0.717, 1.165) is 25.0 Å².